The number of ether oxygens (including phenoxy) is 2. The fourth-order valence-electron chi connectivity index (χ4n) is 2.19. The Bertz CT molecular complexity index is 480. The minimum atomic E-state index is -0.303. The fourth-order valence-corrected chi connectivity index (χ4v) is 2.19. The molecule has 0 radical (unpaired) electrons. The second-order valence-corrected chi connectivity index (χ2v) is 4.98. The van der Waals surface area contributed by atoms with Gasteiger partial charge in [0.1, 0.15) is 5.76 Å². The van der Waals surface area contributed by atoms with Crippen LogP contribution in [0.2, 0.25) is 0 Å². The Balaban J connectivity index is 0.00000116. The smallest absolute Gasteiger partial charge is 0.337 e. The zero-order valence-electron chi connectivity index (χ0n) is 14.1. The molecule has 122 valence electrons. The number of rotatable bonds is 5. The molecule has 0 atom stereocenters. The molecule has 0 fully saturated rings. The van der Waals surface area contributed by atoms with Crippen molar-refractivity contribution in [2.24, 2.45) is 0 Å². The first-order chi connectivity index (χ1) is 10.7. The van der Waals surface area contributed by atoms with E-state index in [1.807, 2.05) is 26.0 Å². The maximum absolute atomic E-state index is 11.3. The molecule has 0 aromatic heterocycles. The van der Waals surface area contributed by atoms with Crippen LogP contribution in [-0.2, 0) is 15.9 Å². The lowest BCUT2D eigenvalue weighted by molar-refractivity contribution is 0.0600. The summed E-state index contributed by atoms with van der Waals surface area (Å²) in [6, 6.07) is 7.46. The van der Waals surface area contributed by atoms with Gasteiger partial charge in [-0.25, -0.2) is 4.79 Å². The van der Waals surface area contributed by atoms with E-state index in [4.69, 9.17) is 4.74 Å². The van der Waals surface area contributed by atoms with E-state index in [0.29, 0.717) is 12.2 Å². The first kappa shape index (κ1) is 18.2. The summed E-state index contributed by atoms with van der Waals surface area (Å²) in [5.74, 6) is 0.758. The number of hydrogen-bond acceptors (Lipinski definition) is 4. The van der Waals surface area contributed by atoms with Gasteiger partial charge in [-0.15, -0.1) is 0 Å². The Morgan fingerprint density at radius 3 is 2.50 bits per heavy atom. The highest BCUT2D eigenvalue weighted by atomic mass is 16.5. The Labute approximate surface area is 133 Å². The quantitative estimate of drug-likeness (QED) is 0.783. The highest BCUT2D eigenvalue weighted by Crippen LogP contribution is 2.11. The first-order valence-corrected chi connectivity index (χ1v) is 7.86. The fraction of sp³-hybridized carbons (Fsp3) is 0.500. The van der Waals surface area contributed by atoms with Crippen molar-refractivity contribution in [3.8, 4) is 0 Å². The number of hydrogen-bond donors (Lipinski definition) is 0. The number of methoxy groups -OCH3 is 1. The summed E-state index contributed by atoms with van der Waals surface area (Å²) in [6.07, 6.45) is 4.06. The number of carbonyl (C=O) groups excluding carboxylic acids is 1. The predicted octanol–water partition coefficient (Wildman–Crippen LogP) is 3.28. The van der Waals surface area contributed by atoms with Crippen LogP contribution in [0.4, 0.5) is 0 Å². The normalized spacial score (nSPS) is 14.5. The summed E-state index contributed by atoms with van der Waals surface area (Å²) in [6.45, 7) is 6.65. The zero-order valence-corrected chi connectivity index (χ0v) is 14.1. The Morgan fingerprint density at radius 1 is 1.23 bits per heavy atom. The standard InChI is InChI=1S/C16H21NO3.C2H6/c1-17-10-3-4-15(12-17)20-11-9-13-5-7-14(8-6-13)16(18)19-2;1-2/h4-8H,3,9-12H2,1-2H3;1-2H3. The Hall–Kier alpha value is -1.81. The van der Waals surface area contributed by atoms with Crippen molar-refractivity contribution in [3.63, 3.8) is 0 Å². The minimum Gasteiger partial charge on any atom is -0.497 e. The molecule has 2 rings (SSSR count). The van der Waals surface area contributed by atoms with Crippen LogP contribution in [-0.4, -0.2) is 44.7 Å². The van der Waals surface area contributed by atoms with E-state index >= 15 is 0 Å². The molecule has 1 aromatic carbocycles. The third-order valence-corrected chi connectivity index (χ3v) is 3.36. The molecule has 4 nitrogen and oxygen atoms in total. The van der Waals surface area contributed by atoms with E-state index < -0.39 is 0 Å². The van der Waals surface area contributed by atoms with Crippen LogP contribution in [0.15, 0.2) is 36.1 Å². The van der Waals surface area contributed by atoms with Crippen LogP contribution in [0.1, 0.15) is 36.2 Å². The first-order valence-electron chi connectivity index (χ1n) is 7.86. The third-order valence-electron chi connectivity index (χ3n) is 3.36. The van der Waals surface area contributed by atoms with Gasteiger partial charge in [0.15, 0.2) is 0 Å². The molecule has 0 saturated carbocycles. The molecule has 1 aliphatic rings. The van der Waals surface area contributed by atoms with E-state index in [2.05, 4.69) is 22.8 Å². The second-order valence-electron chi connectivity index (χ2n) is 4.98. The van der Waals surface area contributed by atoms with Crippen molar-refractivity contribution >= 4 is 5.97 Å². The van der Waals surface area contributed by atoms with Gasteiger partial charge in [-0.1, -0.05) is 26.0 Å². The largest absolute Gasteiger partial charge is 0.497 e. The lowest BCUT2D eigenvalue weighted by atomic mass is 10.1. The zero-order chi connectivity index (χ0) is 16.4. The monoisotopic (exact) mass is 305 g/mol. The van der Waals surface area contributed by atoms with Crippen LogP contribution >= 0.6 is 0 Å². The molecular weight excluding hydrogens is 278 g/mol. The molecular formula is C18H27NO3. The van der Waals surface area contributed by atoms with Gasteiger partial charge in [-0.05, 0) is 37.2 Å². The van der Waals surface area contributed by atoms with Crippen LogP contribution in [0.3, 0.4) is 0 Å². The van der Waals surface area contributed by atoms with Crippen LogP contribution in [0.5, 0.6) is 0 Å². The van der Waals surface area contributed by atoms with Gasteiger partial charge in [0.05, 0.1) is 25.8 Å². The topological polar surface area (TPSA) is 38.8 Å². The lowest BCUT2D eigenvalue weighted by Gasteiger charge is -2.23. The molecule has 0 saturated heterocycles. The number of carbonyl (C=O) groups is 1. The lowest BCUT2D eigenvalue weighted by Crippen LogP contribution is -2.26. The van der Waals surface area contributed by atoms with E-state index in [0.717, 1.165) is 37.3 Å². The predicted molar refractivity (Wildman–Crippen MR) is 89.0 cm³/mol. The van der Waals surface area contributed by atoms with E-state index in [-0.39, 0.29) is 5.97 Å². The average Bonchev–Trinajstić information content (AvgIpc) is 2.57. The SMILES string of the molecule is CC.COC(=O)c1ccc(CCOC2=CCCN(C)C2)cc1. The summed E-state index contributed by atoms with van der Waals surface area (Å²) in [5, 5.41) is 0. The van der Waals surface area contributed by atoms with Gasteiger partial charge in [-0.2, -0.15) is 0 Å². The molecule has 1 aliphatic heterocycles. The van der Waals surface area contributed by atoms with Crippen LogP contribution < -0.4 is 0 Å². The van der Waals surface area contributed by atoms with Gasteiger partial charge in [0.2, 0.25) is 0 Å². The molecule has 0 amide bonds. The van der Waals surface area contributed by atoms with Crippen molar-refractivity contribution in [1.29, 1.82) is 0 Å². The summed E-state index contributed by atoms with van der Waals surface area (Å²) < 4.78 is 10.5. The Morgan fingerprint density at radius 2 is 1.91 bits per heavy atom. The van der Waals surface area contributed by atoms with Gasteiger partial charge in [-0.3, -0.25) is 4.90 Å². The van der Waals surface area contributed by atoms with Gasteiger partial charge in [0, 0.05) is 13.0 Å². The summed E-state index contributed by atoms with van der Waals surface area (Å²) >= 11 is 0. The average molecular weight is 305 g/mol. The second kappa shape index (κ2) is 10.0. The molecule has 0 aliphatic carbocycles. The molecule has 0 spiro atoms. The molecule has 0 unspecified atom stereocenters. The minimum absolute atomic E-state index is 0.303. The third kappa shape index (κ3) is 5.90. The summed E-state index contributed by atoms with van der Waals surface area (Å²) in [5.41, 5.74) is 1.73. The molecule has 0 bridgehead atoms. The molecule has 1 heterocycles. The Kier molecular flexibility index (Phi) is 8.30. The van der Waals surface area contributed by atoms with E-state index in [1.165, 1.54) is 7.11 Å². The van der Waals surface area contributed by atoms with Crippen molar-refractivity contribution in [2.75, 3.05) is 33.9 Å². The number of benzene rings is 1. The maximum atomic E-state index is 11.3. The highest BCUT2D eigenvalue weighted by molar-refractivity contribution is 5.89. The van der Waals surface area contributed by atoms with Crippen molar-refractivity contribution in [2.45, 2.75) is 26.7 Å². The van der Waals surface area contributed by atoms with Crippen LogP contribution in [0, 0.1) is 0 Å². The summed E-state index contributed by atoms with van der Waals surface area (Å²) in [7, 11) is 3.49. The van der Waals surface area contributed by atoms with Gasteiger partial charge in [0.25, 0.3) is 0 Å². The van der Waals surface area contributed by atoms with E-state index in [9.17, 15) is 4.79 Å². The van der Waals surface area contributed by atoms with Gasteiger partial charge >= 0.3 is 5.97 Å². The molecule has 4 heteroatoms. The number of nitrogens with zero attached hydrogens (tertiary/aromatic N) is 1. The molecule has 1 aromatic rings. The van der Waals surface area contributed by atoms with E-state index in [1.54, 1.807) is 12.1 Å². The van der Waals surface area contributed by atoms with Crippen molar-refractivity contribution in [1.82, 2.24) is 4.90 Å². The summed E-state index contributed by atoms with van der Waals surface area (Å²) in [4.78, 5) is 13.6. The number of likely N-dealkylation sites (N-methyl/N-ethyl adjacent to an activating group) is 1. The van der Waals surface area contributed by atoms with Crippen molar-refractivity contribution < 1.29 is 14.3 Å². The van der Waals surface area contributed by atoms with Crippen molar-refractivity contribution in [3.05, 3.63) is 47.2 Å². The van der Waals surface area contributed by atoms with Crippen LogP contribution in [0.25, 0.3) is 0 Å². The molecule has 0 N–H and O–H groups in total. The highest BCUT2D eigenvalue weighted by Gasteiger charge is 2.09. The molecule has 22 heavy (non-hydrogen) atoms. The van der Waals surface area contributed by atoms with Gasteiger partial charge < -0.3 is 9.47 Å². The maximum Gasteiger partial charge on any atom is 0.337 e. The number of esters is 1.